The number of fused-ring (bicyclic) bond motifs is 1. The van der Waals surface area contributed by atoms with Crippen LogP contribution in [0.3, 0.4) is 0 Å². The highest BCUT2D eigenvalue weighted by atomic mass is 79.9. The molecule has 6 rings (SSSR count). The zero-order valence-corrected chi connectivity index (χ0v) is 22.2. The summed E-state index contributed by atoms with van der Waals surface area (Å²) in [7, 11) is 5.73. The van der Waals surface area contributed by atoms with Gasteiger partial charge in [0.15, 0.2) is 22.7 Å². The first kappa shape index (κ1) is 23.4. The van der Waals surface area contributed by atoms with Gasteiger partial charge in [-0.15, -0.1) is 0 Å². The van der Waals surface area contributed by atoms with Crippen LogP contribution in [-0.4, -0.2) is 38.7 Å². The maximum absolute atomic E-state index is 13.8. The van der Waals surface area contributed by atoms with Crippen molar-refractivity contribution < 1.29 is 29.2 Å². The highest BCUT2D eigenvalue weighted by Gasteiger charge is 2.34. The van der Waals surface area contributed by atoms with Crippen LogP contribution in [0.15, 0.2) is 25.7 Å². The fourth-order valence-corrected chi connectivity index (χ4v) is 6.52. The topological polar surface area (TPSA) is 112 Å². The second-order valence-electron chi connectivity index (χ2n) is 9.08. The summed E-state index contributed by atoms with van der Waals surface area (Å²) in [5, 5.41) is 25.7. The van der Waals surface area contributed by atoms with Gasteiger partial charge in [0.25, 0.3) is 0 Å². The molecule has 0 heterocycles. The van der Waals surface area contributed by atoms with Crippen LogP contribution in [0.5, 0.6) is 34.5 Å². The van der Waals surface area contributed by atoms with E-state index in [1.165, 1.54) is 34.5 Å². The largest absolute Gasteiger partial charge is 0.506 e. The number of aromatic hydroxyl groups is 2. The molecule has 0 bridgehead atoms. The number of halogens is 1. The van der Waals surface area contributed by atoms with Gasteiger partial charge in [0.1, 0.15) is 21.7 Å². The summed E-state index contributed by atoms with van der Waals surface area (Å²) in [6.07, 6.45) is 2.23. The van der Waals surface area contributed by atoms with Crippen LogP contribution in [0, 0.1) is 0 Å². The van der Waals surface area contributed by atoms with Crippen LogP contribution >= 0.6 is 15.9 Å². The number of benzene rings is 5. The zero-order valence-electron chi connectivity index (χ0n) is 20.6. The van der Waals surface area contributed by atoms with Crippen LogP contribution in [0.4, 0.5) is 0 Å². The van der Waals surface area contributed by atoms with E-state index in [1.807, 2.05) is 13.0 Å². The summed E-state index contributed by atoms with van der Waals surface area (Å²) in [5.74, 6) is 0.144. The van der Waals surface area contributed by atoms with E-state index in [9.17, 15) is 19.8 Å². The molecule has 1 aliphatic carbocycles. The molecule has 0 saturated heterocycles. The van der Waals surface area contributed by atoms with Gasteiger partial charge >= 0.3 is 0 Å². The lowest BCUT2D eigenvalue weighted by Gasteiger charge is -2.23. The number of rotatable bonds is 4. The molecular weight excluding hydrogens is 544 g/mol. The zero-order chi connectivity index (χ0) is 26.5. The molecule has 0 fully saturated rings. The Morgan fingerprint density at radius 3 is 2.00 bits per heavy atom. The summed E-state index contributed by atoms with van der Waals surface area (Å²) < 4.78 is 22.9. The molecule has 5 aromatic carbocycles. The van der Waals surface area contributed by atoms with Crippen molar-refractivity contribution in [3.63, 3.8) is 0 Å². The predicted octanol–water partition coefficient (Wildman–Crippen LogP) is 5.06. The summed E-state index contributed by atoms with van der Waals surface area (Å²) >= 11 is 3.40. The minimum Gasteiger partial charge on any atom is -0.506 e. The second-order valence-corrected chi connectivity index (χ2v) is 9.87. The van der Waals surface area contributed by atoms with Crippen LogP contribution in [0.1, 0.15) is 18.1 Å². The normalized spacial score (nSPS) is 13.1. The van der Waals surface area contributed by atoms with E-state index >= 15 is 0 Å². The van der Waals surface area contributed by atoms with Gasteiger partial charge in [-0.3, -0.25) is 9.59 Å². The van der Waals surface area contributed by atoms with Gasteiger partial charge < -0.3 is 29.2 Å². The lowest BCUT2D eigenvalue weighted by Crippen LogP contribution is -2.12. The van der Waals surface area contributed by atoms with E-state index in [0.29, 0.717) is 49.9 Å². The first-order valence-electron chi connectivity index (χ1n) is 11.4. The average molecular weight is 565 g/mol. The molecule has 0 atom stereocenters. The Bertz CT molecular complexity index is 1980. The van der Waals surface area contributed by atoms with Gasteiger partial charge in [0.2, 0.25) is 5.43 Å². The van der Waals surface area contributed by atoms with Crippen molar-refractivity contribution in [2.24, 2.45) is 0 Å². The van der Waals surface area contributed by atoms with Crippen molar-refractivity contribution in [2.45, 2.75) is 13.3 Å². The Hall–Kier alpha value is -3.98. The molecular formula is C28H21BrO8. The van der Waals surface area contributed by atoms with Crippen molar-refractivity contribution in [3.8, 4) is 34.5 Å². The van der Waals surface area contributed by atoms with E-state index in [2.05, 4.69) is 15.9 Å². The second kappa shape index (κ2) is 7.76. The Morgan fingerprint density at radius 2 is 1.38 bits per heavy atom. The fourth-order valence-electron chi connectivity index (χ4n) is 5.96. The lowest BCUT2D eigenvalue weighted by atomic mass is 9.84. The molecule has 0 amide bonds. The number of hydrogen-bond donors (Lipinski definition) is 2. The molecule has 5 aromatic rings. The highest BCUT2D eigenvalue weighted by Crippen LogP contribution is 2.57. The third-order valence-corrected chi connectivity index (χ3v) is 8.02. The minimum atomic E-state index is -0.473. The standard InChI is InChI=1S/C28H21BrO8/c1-9-6-10-14-15-11(7-9)27(36-4)25(33)21-19(15)20(28(37-5)22(29)23(21)31)17-13(34-2)8-12(30)16(18(14)17)24(32)26(10)35-3/h6,8,31-32H,7H2,1-5H3. The number of phenols is 2. The lowest BCUT2D eigenvalue weighted by molar-refractivity contribution is 0.376. The maximum Gasteiger partial charge on any atom is 0.232 e. The Labute approximate surface area is 218 Å². The number of phenolic OH excluding ortho intramolecular Hbond substituents is 2. The van der Waals surface area contributed by atoms with Crippen molar-refractivity contribution in [1.29, 1.82) is 0 Å². The fraction of sp³-hybridized carbons (Fsp3) is 0.214. The predicted molar refractivity (Wildman–Crippen MR) is 146 cm³/mol. The van der Waals surface area contributed by atoms with Gasteiger partial charge in [0, 0.05) is 44.1 Å². The van der Waals surface area contributed by atoms with Gasteiger partial charge in [-0.2, -0.15) is 0 Å². The molecule has 0 aliphatic heterocycles. The molecule has 0 saturated carbocycles. The molecule has 37 heavy (non-hydrogen) atoms. The average Bonchev–Trinajstić information content (AvgIpc) is 3.02. The van der Waals surface area contributed by atoms with Crippen molar-refractivity contribution in [3.05, 3.63) is 47.7 Å². The maximum atomic E-state index is 13.8. The van der Waals surface area contributed by atoms with E-state index in [0.717, 1.165) is 5.57 Å². The summed E-state index contributed by atoms with van der Waals surface area (Å²) in [6, 6.07) is 1.29. The molecule has 0 spiro atoms. The third kappa shape index (κ3) is 2.67. The van der Waals surface area contributed by atoms with Gasteiger partial charge in [-0.05, 0) is 34.7 Å². The number of ether oxygens (including phenoxy) is 4. The number of hydrogen-bond acceptors (Lipinski definition) is 8. The van der Waals surface area contributed by atoms with Gasteiger partial charge in [-0.25, -0.2) is 0 Å². The summed E-state index contributed by atoms with van der Waals surface area (Å²) in [5.41, 5.74) is 1.10. The monoisotopic (exact) mass is 564 g/mol. The molecule has 2 N–H and O–H groups in total. The van der Waals surface area contributed by atoms with Crippen molar-refractivity contribution in [2.75, 3.05) is 28.4 Å². The van der Waals surface area contributed by atoms with E-state index < -0.39 is 10.9 Å². The van der Waals surface area contributed by atoms with E-state index in [1.54, 1.807) is 0 Å². The van der Waals surface area contributed by atoms with Gasteiger partial charge in [-0.1, -0.05) is 11.6 Å². The summed E-state index contributed by atoms with van der Waals surface area (Å²) in [6.45, 7) is 1.90. The Kier molecular flexibility index (Phi) is 4.91. The van der Waals surface area contributed by atoms with Crippen molar-refractivity contribution in [1.82, 2.24) is 0 Å². The van der Waals surface area contributed by atoms with E-state index in [4.69, 9.17) is 18.9 Å². The first-order valence-corrected chi connectivity index (χ1v) is 12.1. The van der Waals surface area contributed by atoms with Gasteiger partial charge in [0.05, 0.1) is 39.2 Å². The third-order valence-electron chi connectivity index (χ3n) is 7.28. The van der Waals surface area contributed by atoms with Crippen LogP contribution in [0.25, 0.3) is 49.2 Å². The molecule has 8 nitrogen and oxygen atoms in total. The van der Waals surface area contributed by atoms with E-state index in [-0.39, 0.29) is 49.7 Å². The SMILES string of the molecule is COc1c(O)c2c(=O)cc(OC)c3c4c(OC)c(Br)c(O)c5c(=O)c(OC)c6c(c(c1C=C(C)C6)c23)c54. The Morgan fingerprint density at radius 1 is 0.730 bits per heavy atom. The van der Waals surface area contributed by atoms with Crippen LogP contribution < -0.4 is 29.8 Å². The molecule has 1 aliphatic rings. The van der Waals surface area contributed by atoms with Crippen molar-refractivity contribution >= 4 is 65.1 Å². The molecule has 188 valence electrons. The quantitative estimate of drug-likeness (QED) is 0.230. The summed E-state index contributed by atoms with van der Waals surface area (Å²) in [4.78, 5) is 27.2. The Balaban J connectivity index is 2.21. The number of methoxy groups -OCH3 is 4. The first-order chi connectivity index (χ1) is 17.7. The minimum absolute atomic E-state index is 0.0443. The molecule has 0 radical (unpaired) electrons. The highest BCUT2D eigenvalue weighted by molar-refractivity contribution is 9.10. The molecule has 0 unspecified atom stereocenters. The molecule has 9 heteroatoms. The number of allylic oxidation sites excluding steroid dienone is 1. The smallest absolute Gasteiger partial charge is 0.232 e. The van der Waals surface area contributed by atoms with Crippen LogP contribution in [0.2, 0.25) is 0 Å². The molecule has 0 aromatic heterocycles. The van der Waals surface area contributed by atoms with Crippen LogP contribution in [-0.2, 0) is 6.42 Å².